The van der Waals surface area contributed by atoms with Gasteiger partial charge in [0.05, 0.1) is 12.1 Å². The van der Waals surface area contributed by atoms with Crippen LogP contribution in [0.4, 0.5) is 4.79 Å². The molecule has 2 heterocycles. The first kappa shape index (κ1) is 16.5. The van der Waals surface area contributed by atoms with Crippen molar-refractivity contribution in [2.75, 3.05) is 6.61 Å². The van der Waals surface area contributed by atoms with E-state index in [0.717, 1.165) is 30.8 Å². The Morgan fingerprint density at radius 1 is 1.33 bits per heavy atom. The number of aromatic nitrogens is 2. The minimum Gasteiger partial charge on any atom is -0.376 e. The van der Waals surface area contributed by atoms with E-state index in [1.54, 1.807) is 6.20 Å². The third-order valence-corrected chi connectivity index (χ3v) is 4.41. The van der Waals surface area contributed by atoms with E-state index in [0.29, 0.717) is 0 Å². The van der Waals surface area contributed by atoms with Crippen LogP contribution in [0.5, 0.6) is 0 Å². The van der Waals surface area contributed by atoms with Crippen molar-refractivity contribution in [3.63, 3.8) is 0 Å². The van der Waals surface area contributed by atoms with E-state index in [2.05, 4.69) is 15.6 Å². The lowest BCUT2D eigenvalue weighted by Gasteiger charge is -2.23. The van der Waals surface area contributed by atoms with Gasteiger partial charge in [0.25, 0.3) is 0 Å². The van der Waals surface area contributed by atoms with Crippen molar-refractivity contribution >= 4 is 6.03 Å². The molecule has 1 fully saturated rings. The number of carbonyl (C=O) groups is 1. The highest BCUT2D eigenvalue weighted by atomic mass is 16.5. The van der Waals surface area contributed by atoms with E-state index in [4.69, 9.17) is 4.74 Å². The number of nitrogens with one attached hydrogen (secondary N) is 2. The van der Waals surface area contributed by atoms with E-state index in [-0.39, 0.29) is 24.2 Å². The third-order valence-electron chi connectivity index (χ3n) is 4.41. The Labute approximate surface area is 142 Å². The third kappa shape index (κ3) is 3.76. The highest BCUT2D eigenvalue weighted by Crippen LogP contribution is 2.20. The average molecular weight is 328 g/mol. The maximum Gasteiger partial charge on any atom is 0.315 e. The van der Waals surface area contributed by atoms with Gasteiger partial charge >= 0.3 is 6.03 Å². The number of rotatable bonds is 5. The number of imidazole rings is 1. The molecule has 24 heavy (non-hydrogen) atoms. The summed E-state index contributed by atoms with van der Waals surface area (Å²) in [5, 5.41) is 6.03. The molecule has 6 nitrogen and oxygen atoms in total. The van der Waals surface area contributed by atoms with Gasteiger partial charge in [-0.15, -0.1) is 0 Å². The second-order valence-electron chi connectivity index (χ2n) is 6.20. The van der Waals surface area contributed by atoms with Gasteiger partial charge in [0.2, 0.25) is 0 Å². The lowest BCUT2D eigenvalue weighted by molar-refractivity contribution is 0.0859. The molecule has 0 bridgehead atoms. The molecule has 1 aliphatic heterocycles. The maximum absolute atomic E-state index is 12.5. The maximum atomic E-state index is 12.5. The molecule has 1 saturated heterocycles. The average Bonchev–Trinajstić information content (AvgIpc) is 3.25. The zero-order valence-electron chi connectivity index (χ0n) is 14.1. The fraction of sp³-hybridized carbons (Fsp3) is 0.444. The molecule has 0 spiro atoms. The Kier molecular flexibility index (Phi) is 5.15. The van der Waals surface area contributed by atoms with Crippen LogP contribution in [0.1, 0.15) is 37.2 Å². The number of ether oxygens (including phenoxy) is 1. The summed E-state index contributed by atoms with van der Waals surface area (Å²) in [7, 11) is 1.92. The number of nitrogens with zero attached hydrogens (tertiary/aromatic N) is 2. The Balaban J connectivity index is 1.72. The summed E-state index contributed by atoms with van der Waals surface area (Å²) >= 11 is 0. The normalized spacial score (nSPS) is 19.7. The van der Waals surface area contributed by atoms with Gasteiger partial charge in [-0.25, -0.2) is 9.78 Å². The van der Waals surface area contributed by atoms with Crippen LogP contribution >= 0.6 is 0 Å². The van der Waals surface area contributed by atoms with Crippen molar-refractivity contribution in [2.24, 2.45) is 7.05 Å². The Hall–Kier alpha value is -2.34. The number of carbonyl (C=O) groups excluding carboxylic acids is 1. The van der Waals surface area contributed by atoms with Crippen molar-refractivity contribution in [1.29, 1.82) is 0 Å². The first-order chi connectivity index (χ1) is 11.6. The fourth-order valence-corrected chi connectivity index (χ4v) is 3.07. The highest BCUT2D eigenvalue weighted by Gasteiger charge is 2.26. The molecule has 6 heteroatoms. The quantitative estimate of drug-likeness (QED) is 0.885. The molecular weight excluding hydrogens is 304 g/mol. The summed E-state index contributed by atoms with van der Waals surface area (Å²) in [6.45, 7) is 2.76. The number of amides is 2. The van der Waals surface area contributed by atoms with Gasteiger partial charge in [-0.05, 0) is 25.3 Å². The number of benzene rings is 1. The van der Waals surface area contributed by atoms with E-state index < -0.39 is 0 Å². The van der Waals surface area contributed by atoms with Gasteiger partial charge in [-0.1, -0.05) is 30.3 Å². The molecule has 1 aromatic heterocycles. The minimum absolute atomic E-state index is 0.0229. The zero-order valence-corrected chi connectivity index (χ0v) is 14.1. The van der Waals surface area contributed by atoms with Crippen LogP contribution in [0.25, 0.3) is 0 Å². The Bertz CT molecular complexity index is 665. The molecule has 0 aliphatic carbocycles. The summed E-state index contributed by atoms with van der Waals surface area (Å²) < 4.78 is 7.56. The van der Waals surface area contributed by atoms with Crippen molar-refractivity contribution in [3.8, 4) is 0 Å². The molecule has 2 N–H and O–H groups in total. The lowest BCUT2D eigenvalue weighted by atomic mass is 10.1. The Morgan fingerprint density at radius 2 is 2.12 bits per heavy atom. The van der Waals surface area contributed by atoms with E-state index in [9.17, 15) is 4.79 Å². The van der Waals surface area contributed by atoms with Crippen LogP contribution in [0.2, 0.25) is 0 Å². The number of urea groups is 1. The molecule has 0 unspecified atom stereocenters. The monoisotopic (exact) mass is 328 g/mol. The molecule has 1 aromatic carbocycles. The van der Waals surface area contributed by atoms with Crippen molar-refractivity contribution in [2.45, 2.75) is 38.0 Å². The molecule has 3 atom stereocenters. The molecule has 1 aliphatic rings. The highest BCUT2D eigenvalue weighted by molar-refractivity contribution is 5.75. The smallest absolute Gasteiger partial charge is 0.315 e. The summed E-state index contributed by atoms with van der Waals surface area (Å²) in [5.41, 5.74) is 0.992. The lowest BCUT2D eigenvalue weighted by Crippen LogP contribution is -2.47. The summed E-state index contributed by atoms with van der Waals surface area (Å²) in [5.74, 6) is 0.793. The van der Waals surface area contributed by atoms with Crippen molar-refractivity contribution in [3.05, 3.63) is 54.1 Å². The number of hydrogen-bond donors (Lipinski definition) is 2. The van der Waals surface area contributed by atoms with Gasteiger partial charge in [0.1, 0.15) is 11.9 Å². The second-order valence-corrected chi connectivity index (χ2v) is 6.20. The molecule has 128 valence electrons. The van der Waals surface area contributed by atoms with Crippen LogP contribution in [-0.4, -0.2) is 34.3 Å². The van der Waals surface area contributed by atoms with Crippen LogP contribution in [-0.2, 0) is 11.8 Å². The van der Waals surface area contributed by atoms with Gasteiger partial charge in [-0.3, -0.25) is 0 Å². The van der Waals surface area contributed by atoms with Crippen LogP contribution < -0.4 is 10.6 Å². The summed E-state index contributed by atoms with van der Waals surface area (Å²) in [6.07, 6.45) is 5.75. The summed E-state index contributed by atoms with van der Waals surface area (Å²) in [4.78, 5) is 16.9. The standard InChI is InChI=1S/C18H24N4O2/c1-13(15-9-6-12-24-15)20-18(23)21-16(14-7-4-3-5-8-14)17-19-10-11-22(17)2/h3-5,7-8,10-11,13,15-16H,6,9,12H2,1-2H3,(H2,20,21,23)/t13-,15+,16+/m0/s1. The summed E-state index contributed by atoms with van der Waals surface area (Å²) in [6, 6.07) is 9.31. The largest absolute Gasteiger partial charge is 0.376 e. The molecular formula is C18H24N4O2. The molecule has 3 rings (SSSR count). The first-order valence-corrected chi connectivity index (χ1v) is 8.36. The van der Waals surface area contributed by atoms with Crippen molar-refractivity contribution < 1.29 is 9.53 Å². The number of hydrogen-bond acceptors (Lipinski definition) is 3. The van der Waals surface area contributed by atoms with Crippen LogP contribution in [0.15, 0.2) is 42.7 Å². The second kappa shape index (κ2) is 7.49. The Morgan fingerprint density at radius 3 is 2.75 bits per heavy atom. The van der Waals surface area contributed by atoms with Crippen molar-refractivity contribution in [1.82, 2.24) is 20.2 Å². The molecule has 2 amide bonds. The fourth-order valence-electron chi connectivity index (χ4n) is 3.07. The molecule has 0 radical (unpaired) electrons. The minimum atomic E-state index is -0.303. The number of aryl methyl sites for hydroxylation is 1. The predicted octanol–water partition coefficient (Wildman–Crippen LogP) is 2.38. The predicted molar refractivity (Wildman–Crippen MR) is 91.6 cm³/mol. The van der Waals surface area contributed by atoms with E-state index >= 15 is 0 Å². The van der Waals surface area contributed by atoms with Gasteiger partial charge in [0, 0.05) is 26.0 Å². The van der Waals surface area contributed by atoms with Crippen LogP contribution in [0.3, 0.4) is 0 Å². The van der Waals surface area contributed by atoms with Gasteiger partial charge in [0.15, 0.2) is 0 Å². The van der Waals surface area contributed by atoms with E-state index in [1.807, 2.05) is 55.1 Å². The van der Waals surface area contributed by atoms with Crippen LogP contribution in [0, 0.1) is 0 Å². The first-order valence-electron chi connectivity index (χ1n) is 8.36. The SMILES string of the molecule is C[C@H](NC(=O)N[C@H](c1ccccc1)c1nccn1C)[C@H]1CCCO1. The molecule has 0 saturated carbocycles. The topological polar surface area (TPSA) is 68.2 Å². The zero-order chi connectivity index (χ0) is 16.9. The van der Waals surface area contributed by atoms with Gasteiger partial charge in [-0.2, -0.15) is 0 Å². The van der Waals surface area contributed by atoms with Gasteiger partial charge < -0.3 is 19.9 Å². The van der Waals surface area contributed by atoms with E-state index in [1.165, 1.54) is 0 Å². The molecule has 2 aromatic rings.